The fraction of sp³-hybridized carbons (Fsp3) is 0.412. The van der Waals surface area contributed by atoms with Crippen LogP contribution in [0.4, 0.5) is 13.2 Å². The van der Waals surface area contributed by atoms with Crippen LogP contribution in [0.5, 0.6) is 0 Å². The van der Waals surface area contributed by atoms with Gasteiger partial charge in [0.25, 0.3) is 0 Å². The molecule has 0 saturated heterocycles. The number of nitrogens with zero attached hydrogens (tertiary/aromatic N) is 4. The van der Waals surface area contributed by atoms with Gasteiger partial charge < -0.3 is 5.11 Å². The molecule has 2 aliphatic rings. The number of halogens is 3. The van der Waals surface area contributed by atoms with E-state index in [0.29, 0.717) is 16.6 Å². The third-order valence-corrected chi connectivity index (χ3v) is 4.92. The van der Waals surface area contributed by atoms with E-state index in [1.165, 1.54) is 6.07 Å². The first-order chi connectivity index (χ1) is 12.3. The number of fused-ring (bicyclic) bond motifs is 3. The highest BCUT2D eigenvalue weighted by molar-refractivity contribution is 5.96. The van der Waals surface area contributed by atoms with Crippen molar-refractivity contribution in [2.45, 2.75) is 43.7 Å². The summed E-state index contributed by atoms with van der Waals surface area (Å²) >= 11 is 0. The van der Waals surface area contributed by atoms with E-state index in [-0.39, 0.29) is 28.8 Å². The Morgan fingerprint density at radius 1 is 1.12 bits per heavy atom. The topological polar surface area (TPSA) is 80.4 Å². The molecule has 3 heterocycles. The number of carboxylic acid groups (broad SMARTS) is 1. The van der Waals surface area contributed by atoms with Gasteiger partial charge in [0.15, 0.2) is 17.0 Å². The molecule has 0 unspecified atom stereocenters. The van der Waals surface area contributed by atoms with Gasteiger partial charge in [0.2, 0.25) is 0 Å². The molecule has 0 bridgehead atoms. The third kappa shape index (κ3) is 2.33. The molecule has 0 spiro atoms. The van der Waals surface area contributed by atoms with Crippen molar-refractivity contribution >= 4 is 22.6 Å². The average molecular weight is 362 g/mol. The Morgan fingerprint density at radius 2 is 1.81 bits per heavy atom. The van der Waals surface area contributed by atoms with Crippen LogP contribution in [0, 0.1) is 0 Å². The summed E-state index contributed by atoms with van der Waals surface area (Å²) in [4.78, 5) is 19.9. The lowest BCUT2D eigenvalue weighted by Crippen LogP contribution is -2.09. The van der Waals surface area contributed by atoms with Crippen molar-refractivity contribution in [3.8, 4) is 0 Å². The first-order valence-electron chi connectivity index (χ1n) is 8.37. The highest BCUT2D eigenvalue weighted by Crippen LogP contribution is 2.46. The van der Waals surface area contributed by atoms with E-state index >= 15 is 0 Å². The summed E-state index contributed by atoms with van der Waals surface area (Å²) in [7, 11) is 0. The Kier molecular flexibility index (Phi) is 2.94. The Bertz CT molecular complexity index is 1080. The van der Waals surface area contributed by atoms with Crippen LogP contribution in [-0.2, 0) is 6.18 Å². The van der Waals surface area contributed by atoms with Gasteiger partial charge in [0.05, 0.1) is 5.39 Å². The Morgan fingerprint density at radius 3 is 2.38 bits per heavy atom. The van der Waals surface area contributed by atoms with E-state index in [9.17, 15) is 23.1 Å². The Balaban J connectivity index is 1.88. The molecule has 2 saturated carbocycles. The number of alkyl halides is 3. The molecule has 26 heavy (non-hydrogen) atoms. The summed E-state index contributed by atoms with van der Waals surface area (Å²) < 4.78 is 40.8. The van der Waals surface area contributed by atoms with Crippen LogP contribution in [0.1, 0.15) is 65.0 Å². The number of hydrogen-bond donors (Lipinski definition) is 1. The van der Waals surface area contributed by atoms with E-state index in [1.807, 2.05) is 0 Å². The molecule has 2 fully saturated rings. The normalized spacial score (nSPS) is 18.0. The standard InChI is InChI=1S/C17H13F3N4O2/c18-17(19,20)12-5-9(7-1-2-7)13-14(22-12)23-24-11(16(25)26)6-10(8-3-4-8)21-15(13)24/h5-8H,1-4H2,(H,25,26). The van der Waals surface area contributed by atoms with Crippen LogP contribution >= 0.6 is 0 Å². The van der Waals surface area contributed by atoms with E-state index in [1.54, 1.807) is 0 Å². The van der Waals surface area contributed by atoms with Gasteiger partial charge in [-0.3, -0.25) is 0 Å². The van der Waals surface area contributed by atoms with Gasteiger partial charge in [-0.25, -0.2) is 19.3 Å². The zero-order valence-corrected chi connectivity index (χ0v) is 13.4. The van der Waals surface area contributed by atoms with E-state index < -0.39 is 17.8 Å². The predicted molar refractivity (Wildman–Crippen MR) is 84.2 cm³/mol. The predicted octanol–water partition coefficient (Wildman–Crippen LogP) is 3.75. The van der Waals surface area contributed by atoms with Crippen molar-refractivity contribution in [2.24, 2.45) is 0 Å². The lowest BCUT2D eigenvalue weighted by atomic mass is 10.1. The van der Waals surface area contributed by atoms with Crippen LogP contribution in [0.3, 0.4) is 0 Å². The molecule has 0 aliphatic heterocycles. The Hall–Kier alpha value is -2.71. The fourth-order valence-corrected chi connectivity index (χ4v) is 3.33. The maximum Gasteiger partial charge on any atom is 0.433 e. The molecular weight excluding hydrogens is 349 g/mol. The summed E-state index contributed by atoms with van der Waals surface area (Å²) in [5.41, 5.74) is 0.224. The van der Waals surface area contributed by atoms with Crippen LogP contribution in [-0.4, -0.2) is 30.7 Å². The number of carboxylic acids is 1. The smallest absolute Gasteiger partial charge is 0.433 e. The largest absolute Gasteiger partial charge is 0.477 e. The van der Waals surface area contributed by atoms with Crippen LogP contribution < -0.4 is 0 Å². The molecule has 0 amide bonds. The van der Waals surface area contributed by atoms with Crippen molar-refractivity contribution in [1.29, 1.82) is 0 Å². The third-order valence-electron chi connectivity index (χ3n) is 4.92. The van der Waals surface area contributed by atoms with Crippen molar-refractivity contribution in [3.05, 3.63) is 34.8 Å². The minimum Gasteiger partial charge on any atom is -0.477 e. The molecule has 0 radical (unpaired) electrons. The fourth-order valence-electron chi connectivity index (χ4n) is 3.33. The number of aromatic nitrogens is 4. The van der Waals surface area contributed by atoms with Gasteiger partial charge in [-0.1, -0.05) is 0 Å². The first kappa shape index (κ1) is 15.5. The zero-order valence-electron chi connectivity index (χ0n) is 13.4. The minimum absolute atomic E-state index is 0.00857. The van der Waals surface area contributed by atoms with Gasteiger partial charge in [-0.05, 0) is 49.3 Å². The molecule has 134 valence electrons. The SMILES string of the molecule is O=C(O)c1cc(C2CC2)nc2c3c(C4CC4)cc(C(F)(F)F)nc3nn12. The number of aromatic carboxylic acids is 1. The van der Waals surface area contributed by atoms with Gasteiger partial charge in [0.1, 0.15) is 5.69 Å². The quantitative estimate of drug-likeness (QED) is 0.768. The van der Waals surface area contributed by atoms with E-state index in [0.717, 1.165) is 36.3 Å². The van der Waals surface area contributed by atoms with E-state index in [4.69, 9.17) is 0 Å². The highest BCUT2D eigenvalue weighted by atomic mass is 19.4. The number of hydrogen-bond acceptors (Lipinski definition) is 4. The molecule has 6 nitrogen and oxygen atoms in total. The molecule has 0 atom stereocenters. The second kappa shape index (κ2) is 4.93. The Labute approximate surface area is 144 Å². The summed E-state index contributed by atoms with van der Waals surface area (Å²) in [6.07, 6.45) is -1.14. The maximum absolute atomic E-state index is 13.2. The second-order valence-electron chi connectivity index (χ2n) is 6.95. The molecule has 3 aromatic heterocycles. The molecule has 3 aromatic rings. The van der Waals surface area contributed by atoms with Gasteiger partial charge in [0, 0.05) is 11.6 Å². The van der Waals surface area contributed by atoms with Crippen molar-refractivity contribution in [1.82, 2.24) is 19.6 Å². The number of rotatable bonds is 3. The van der Waals surface area contributed by atoms with Gasteiger partial charge in [-0.2, -0.15) is 13.2 Å². The maximum atomic E-state index is 13.2. The van der Waals surface area contributed by atoms with Crippen molar-refractivity contribution in [2.75, 3.05) is 0 Å². The van der Waals surface area contributed by atoms with Crippen LogP contribution in [0.2, 0.25) is 0 Å². The summed E-state index contributed by atoms with van der Waals surface area (Å²) in [5, 5.41) is 14.0. The van der Waals surface area contributed by atoms with Crippen molar-refractivity contribution in [3.63, 3.8) is 0 Å². The summed E-state index contributed by atoms with van der Waals surface area (Å²) in [6, 6.07) is 2.52. The molecular formula is C17H13F3N4O2. The molecule has 9 heteroatoms. The summed E-state index contributed by atoms with van der Waals surface area (Å²) in [5.74, 6) is -0.986. The van der Waals surface area contributed by atoms with Gasteiger partial charge in [-0.15, -0.1) is 5.10 Å². The second-order valence-corrected chi connectivity index (χ2v) is 6.95. The van der Waals surface area contributed by atoms with E-state index in [2.05, 4.69) is 15.1 Å². The van der Waals surface area contributed by atoms with Crippen LogP contribution in [0.25, 0.3) is 16.7 Å². The zero-order chi connectivity index (χ0) is 18.2. The van der Waals surface area contributed by atoms with Crippen LogP contribution in [0.15, 0.2) is 12.1 Å². The average Bonchev–Trinajstić information content (AvgIpc) is 3.47. The summed E-state index contributed by atoms with van der Waals surface area (Å²) in [6.45, 7) is 0. The minimum atomic E-state index is -4.59. The molecule has 0 aromatic carbocycles. The molecule has 5 rings (SSSR count). The number of carbonyl (C=O) groups is 1. The monoisotopic (exact) mass is 362 g/mol. The van der Waals surface area contributed by atoms with Crippen molar-refractivity contribution < 1.29 is 23.1 Å². The highest BCUT2D eigenvalue weighted by Gasteiger charge is 2.37. The number of pyridine rings is 1. The molecule has 1 N–H and O–H groups in total. The molecule has 2 aliphatic carbocycles. The van der Waals surface area contributed by atoms with Gasteiger partial charge >= 0.3 is 12.1 Å². The lowest BCUT2D eigenvalue weighted by Gasteiger charge is -2.08. The lowest BCUT2D eigenvalue weighted by molar-refractivity contribution is -0.141. The first-order valence-corrected chi connectivity index (χ1v) is 8.37.